The molecule has 0 amide bonds. The minimum absolute atomic E-state index is 0.0602. The Morgan fingerprint density at radius 2 is 1.71 bits per heavy atom. The Morgan fingerprint density at radius 3 is 2.25 bits per heavy atom. The third kappa shape index (κ3) is 2.87. The van der Waals surface area contributed by atoms with E-state index in [9.17, 15) is 10.2 Å². The van der Waals surface area contributed by atoms with Gasteiger partial charge in [0, 0.05) is 12.2 Å². The molecule has 5 heteroatoms. The lowest BCUT2D eigenvalue weighted by atomic mass is 9.80. The van der Waals surface area contributed by atoms with Crippen molar-refractivity contribution in [2.45, 2.75) is 39.0 Å². The highest BCUT2D eigenvalue weighted by Gasteiger charge is 2.25. The number of rotatable bonds is 5. The van der Waals surface area contributed by atoms with Gasteiger partial charge < -0.3 is 10.2 Å². The minimum atomic E-state index is -0.184. The van der Waals surface area contributed by atoms with Crippen molar-refractivity contribution >= 4 is 11.0 Å². The molecule has 0 radical (unpaired) electrons. The van der Waals surface area contributed by atoms with E-state index in [1.54, 1.807) is 0 Å². The highest BCUT2D eigenvalue weighted by atomic mass is 16.3. The van der Waals surface area contributed by atoms with E-state index in [0.29, 0.717) is 12.1 Å². The lowest BCUT2D eigenvalue weighted by Gasteiger charge is -2.26. The number of aliphatic hydroxyl groups is 1. The summed E-state index contributed by atoms with van der Waals surface area (Å²) in [5, 5.41) is 29.1. The molecule has 126 valence electrons. The van der Waals surface area contributed by atoms with Crippen molar-refractivity contribution in [3.05, 3.63) is 47.5 Å². The molecule has 0 aliphatic carbocycles. The van der Waals surface area contributed by atoms with Crippen LogP contribution in [-0.2, 0) is 11.8 Å². The zero-order valence-electron chi connectivity index (χ0n) is 14.3. The standard InChI is InChI=1S/C19H23N3O2/c1-4-19(2,3)14-11-13(9-10-23)12-17(18(14)24)22-20-15-7-5-6-8-16(15)21-22/h5-8,11-12,23-24H,4,9-10H2,1-3H3. The van der Waals surface area contributed by atoms with E-state index in [1.165, 1.54) is 4.80 Å². The maximum absolute atomic E-state index is 10.9. The van der Waals surface area contributed by atoms with Gasteiger partial charge in [0.05, 0.1) is 0 Å². The number of phenolic OH excluding ortho intramolecular Hbond substituents is 1. The molecule has 0 saturated carbocycles. The fourth-order valence-corrected chi connectivity index (χ4v) is 2.78. The number of aromatic hydroxyl groups is 1. The summed E-state index contributed by atoms with van der Waals surface area (Å²) in [6.45, 7) is 6.35. The molecule has 0 unspecified atom stereocenters. The molecule has 24 heavy (non-hydrogen) atoms. The Balaban J connectivity index is 2.22. The molecule has 0 aliphatic rings. The van der Waals surface area contributed by atoms with Crippen molar-refractivity contribution in [2.75, 3.05) is 6.61 Å². The van der Waals surface area contributed by atoms with Crippen molar-refractivity contribution in [1.82, 2.24) is 15.0 Å². The van der Waals surface area contributed by atoms with E-state index in [2.05, 4.69) is 31.0 Å². The van der Waals surface area contributed by atoms with Crippen molar-refractivity contribution in [3.8, 4) is 11.4 Å². The molecule has 3 rings (SSSR count). The molecule has 3 aromatic rings. The summed E-state index contributed by atoms with van der Waals surface area (Å²) in [5.74, 6) is 0.198. The summed E-state index contributed by atoms with van der Waals surface area (Å²) in [4.78, 5) is 1.48. The van der Waals surface area contributed by atoms with Crippen LogP contribution < -0.4 is 0 Å². The highest BCUT2D eigenvalue weighted by molar-refractivity contribution is 5.73. The molecule has 2 aromatic carbocycles. The third-order valence-electron chi connectivity index (χ3n) is 4.67. The minimum Gasteiger partial charge on any atom is -0.505 e. The van der Waals surface area contributed by atoms with Gasteiger partial charge in [-0.2, -0.15) is 0 Å². The number of phenols is 1. The smallest absolute Gasteiger partial charge is 0.146 e. The van der Waals surface area contributed by atoms with E-state index < -0.39 is 0 Å². The van der Waals surface area contributed by atoms with Crippen LogP contribution in [-0.4, -0.2) is 31.8 Å². The molecule has 0 spiro atoms. The number of benzene rings is 2. The Morgan fingerprint density at radius 1 is 1.08 bits per heavy atom. The van der Waals surface area contributed by atoms with Gasteiger partial charge in [0.25, 0.3) is 0 Å². The third-order valence-corrected chi connectivity index (χ3v) is 4.67. The molecule has 5 nitrogen and oxygen atoms in total. The van der Waals surface area contributed by atoms with Gasteiger partial charge in [-0.1, -0.05) is 39.0 Å². The van der Waals surface area contributed by atoms with E-state index >= 15 is 0 Å². The van der Waals surface area contributed by atoms with Crippen molar-refractivity contribution < 1.29 is 10.2 Å². The molecule has 0 aliphatic heterocycles. The Kier molecular flexibility index (Phi) is 4.28. The summed E-state index contributed by atoms with van der Waals surface area (Å²) in [7, 11) is 0. The maximum atomic E-state index is 10.9. The zero-order chi connectivity index (χ0) is 17.3. The van der Waals surface area contributed by atoms with Crippen LogP contribution in [0.25, 0.3) is 16.7 Å². The van der Waals surface area contributed by atoms with E-state index in [0.717, 1.165) is 28.6 Å². The first kappa shape index (κ1) is 16.5. The molecular formula is C19H23N3O2. The largest absolute Gasteiger partial charge is 0.505 e. The first-order valence-electron chi connectivity index (χ1n) is 8.26. The second kappa shape index (κ2) is 6.24. The van der Waals surface area contributed by atoms with Crippen molar-refractivity contribution in [1.29, 1.82) is 0 Å². The number of nitrogens with zero attached hydrogens (tertiary/aromatic N) is 3. The van der Waals surface area contributed by atoms with Crippen LogP contribution in [0.3, 0.4) is 0 Å². The summed E-state index contributed by atoms with van der Waals surface area (Å²) >= 11 is 0. The van der Waals surface area contributed by atoms with Crippen LogP contribution in [0.5, 0.6) is 5.75 Å². The molecule has 1 heterocycles. The number of aromatic nitrogens is 3. The van der Waals surface area contributed by atoms with Crippen LogP contribution in [0.2, 0.25) is 0 Å². The maximum Gasteiger partial charge on any atom is 0.146 e. The topological polar surface area (TPSA) is 71.2 Å². The summed E-state index contributed by atoms with van der Waals surface area (Å²) in [5.41, 5.74) is 3.74. The van der Waals surface area contributed by atoms with Gasteiger partial charge >= 0.3 is 0 Å². The average Bonchev–Trinajstić information content (AvgIpc) is 3.00. The molecule has 0 atom stereocenters. The van der Waals surface area contributed by atoms with Crippen molar-refractivity contribution in [2.24, 2.45) is 0 Å². The molecular weight excluding hydrogens is 302 g/mol. The van der Waals surface area contributed by atoms with Crippen LogP contribution in [0.1, 0.15) is 38.3 Å². The van der Waals surface area contributed by atoms with E-state index in [-0.39, 0.29) is 17.8 Å². The normalized spacial score (nSPS) is 12.0. The fourth-order valence-electron chi connectivity index (χ4n) is 2.78. The predicted octanol–water partition coefficient (Wildman–Crippen LogP) is 3.35. The van der Waals surface area contributed by atoms with Crippen molar-refractivity contribution in [3.63, 3.8) is 0 Å². The number of fused-ring (bicyclic) bond motifs is 1. The summed E-state index contributed by atoms with van der Waals surface area (Å²) < 4.78 is 0. The van der Waals surface area contributed by atoms with Gasteiger partial charge in [0.15, 0.2) is 0 Å². The summed E-state index contributed by atoms with van der Waals surface area (Å²) in [6.07, 6.45) is 1.41. The van der Waals surface area contributed by atoms with Gasteiger partial charge in [-0.25, -0.2) is 0 Å². The monoisotopic (exact) mass is 325 g/mol. The van der Waals surface area contributed by atoms with Gasteiger partial charge in [-0.3, -0.25) is 0 Å². The van der Waals surface area contributed by atoms with E-state index in [4.69, 9.17) is 0 Å². The molecule has 0 saturated heterocycles. The first-order valence-corrected chi connectivity index (χ1v) is 8.26. The fraction of sp³-hybridized carbons (Fsp3) is 0.368. The number of hydrogen-bond acceptors (Lipinski definition) is 4. The van der Waals surface area contributed by atoms with Gasteiger partial charge in [0.1, 0.15) is 22.5 Å². The Hall–Kier alpha value is -2.40. The average molecular weight is 325 g/mol. The second-order valence-corrected chi connectivity index (χ2v) is 6.70. The lowest BCUT2D eigenvalue weighted by molar-refractivity contribution is 0.299. The highest BCUT2D eigenvalue weighted by Crippen LogP contribution is 2.38. The number of aliphatic hydroxyl groups excluding tert-OH is 1. The quantitative estimate of drug-likeness (QED) is 0.754. The SMILES string of the molecule is CCC(C)(C)c1cc(CCO)cc(-n2nc3ccccc3n2)c1O. The Labute approximate surface area is 141 Å². The number of hydrogen-bond donors (Lipinski definition) is 2. The summed E-state index contributed by atoms with van der Waals surface area (Å²) in [6, 6.07) is 11.4. The predicted molar refractivity (Wildman–Crippen MR) is 94.6 cm³/mol. The Bertz CT molecular complexity index is 835. The second-order valence-electron chi connectivity index (χ2n) is 6.70. The van der Waals surface area contributed by atoms with Gasteiger partial charge in [-0.15, -0.1) is 15.0 Å². The first-order chi connectivity index (χ1) is 11.5. The molecule has 0 fully saturated rings. The van der Waals surface area contributed by atoms with Crippen LogP contribution in [0.15, 0.2) is 36.4 Å². The lowest BCUT2D eigenvalue weighted by Crippen LogP contribution is -2.17. The van der Waals surface area contributed by atoms with E-state index in [1.807, 2.05) is 36.4 Å². The van der Waals surface area contributed by atoms with Gasteiger partial charge in [-0.05, 0) is 42.0 Å². The zero-order valence-corrected chi connectivity index (χ0v) is 14.3. The van der Waals surface area contributed by atoms with Crippen LogP contribution >= 0.6 is 0 Å². The van der Waals surface area contributed by atoms with Crippen LogP contribution in [0.4, 0.5) is 0 Å². The molecule has 0 bridgehead atoms. The van der Waals surface area contributed by atoms with Gasteiger partial charge in [0.2, 0.25) is 0 Å². The molecule has 2 N–H and O–H groups in total. The van der Waals surface area contributed by atoms with Crippen LogP contribution in [0, 0.1) is 0 Å². The molecule has 1 aromatic heterocycles.